The number of fused-ring (bicyclic) bond motifs is 1. The predicted molar refractivity (Wildman–Crippen MR) is 107 cm³/mol. The molecule has 0 amide bonds. The van der Waals surface area contributed by atoms with Crippen LogP contribution in [0.5, 0.6) is 0 Å². The van der Waals surface area contributed by atoms with Crippen LogP contribution in [0.15, 0.2) is 28.7 Å². The Morgan fingerprint density at radius 1 is 0.889 bits per heavy atom. The molecule has 1 aromatic heterocycles. The van der Waals surface area contributed by atoms with Gasteiger partial charge in [0.05, 0.1) is 12.2 Å². The Morgan fingerprint density at radius 3 is 2.22 bits per heavy atom. The molecule has 0 atom stereocenters. The van der Waals surface area contributed by atoms with E-state index in [1.165, 1.54) is 0 Å². The van der Waals surface area contributed by atoms with Crippen LogP contribution in [0.1, 0.15) is 25.7 Å². The molecule has 2 aliphatic heterocycles. The van der Waals surface area contributed by atoms with E-state index in [2.05, 4.69) is 4.90 Å². The van der Waals surface area contributed by atoms with Crippen LogP contribution in [0.2, 0.25) is 0 Å². The molecule has 3 heterocycles. The molecule has 7 nitrogen and oxygen atoms in total. The maximum absolute atomic E-state index is 12.9. The standard InChI is InChI=1S/C18H26N4O3S2/c23-27(24,20-9-5-1-2-6-10-20)21-13-11-19(12-14-21)15-22-16-7-3-4-8-17(16)25-18(22)26/h3-4,7-8H,1-2,5-6,9-15H2. The van der Waals surface area contributed by atoms with Crippen molar-refractivity contribution in [3.05, 3.63) is 29.1 Å². The first-order chi connectivity index (χ1) is 13.1. The Morgan fingerprint density at radius 2 is 1.52 bits per heavy atom. The number of hydrogen-bond donors (Lipinski definition) is 0. The van der Waals surface area contributed by atoms with Crippen LogP contribution in [-0.2, 0) is 16.9 Å². The summed E-state index contributed by atoms with van der Waals surface area (Å²) in [5.74, 6) is 0. The van der Waals surface area contributed by atoms with Crippen LogP contribution in [-0.4, -0.2) is 65.8 Å². The highest BCUT2D eigenvalue weighted by atomic mass is 32.2. The molecule has 0 radical (unpaired) electrons. The van der Waals surface area contributed by atoms with Crippen LogP contribution in [0, 0.1) is 4.84 Å². The van der Waals surface area contributed by atoms with Crippen molar-refractivity contribution in [2.45, 2.75) is 32.4 Å². The zero-order chi connectivity index (χ0) is 18.9. The number of rotatable bonds is 4. The molecule has 2 fully saturated rings. The van der Waals surface area contributed by atoms with E-state index < -0.39 is 10.2 Å². The highest BCUT2D eigenvalue weighted by Crippen LogP contribution is 2.20. The number of aromatic nitrogens is 1. The SMILES string of the molecule is O=S(=O)(N1CCCCCC1)N1CCN(Cn2c(=S)oc3ccccc32)CC1. The van der Waals surface area contributed by atoms with Gasteiger partial charge in [-0.15, -0.1) is 0 Å². The molecular formula is C18H26N4O3S2. The fraction of sp³-hybridized carbons (Fsp3) is 0.611. The lowest BCUT2D eigenvalue weighted by atomic mass is 10.2. The molecular weight excluding hydrogens is 384 g/mol. The van der Waals surface area contributed by atoms with Crippen LogP contribution < -0.4 is 0 Å². The smallest absolute Gasteiger partial charge is 0.282 e. The fourth-order valence-electron chi connectivity index (χ4n) is 3.89. The molecule has 4 rings (SSSR count). The summed E-state index contributed by atoms with van der Waals surface area (Å²) in [6, 6.07) is 7.80. The lowest BCUT2D eigenvalue weighted by Gasteiger charge is -2.36. The van der Waals surface area contributed by atoms with Gasteiger partial charge in [-0.05, 0) is 37.2 Å². The summed E-state index contributed by atoms with van der Waals surface area (Å²) in [5.41, 5.74) is 1.76. The molecule has 148 valence electrons. The third-order valence-electron chi connectivity index (χ3n) is 5.46. The normalized spacial score (nSPS) is 21.5. The molecule has 0 unspecified atom stereocenters. The fourth-order valence-corrected chi connectivity index (χ4v) is 5.80. The first-order valence-corrected chi connectivity index (χ1v) is 11.4. The van der Waals surface area contributed by atoms with Gasteiger partial charge in [0, 0.05) is 39.3 Å². The number of piperazine rings is 1. The third-order valence-corrected chi connectivity index (χ3v) is 7.80. The van der Waals surface area contributed by atoms with E-state index in [0.717, 1.165) is 36.8 Å². The van der Waals surface area contributed by atoms with E-state index in [0.29, 0.717) is 50.8 Å². The lowest BCUT2D eigenvalue weighted by Crippen LogP contribution is -2.53. The summed E-state index contributed by atoms with van der Waals surface area (Å²) in [7, 11) is -3.34. The van der Waals surface area contributed by atoms with E-state index in [1.54, 1.807) is 8.61 Å². The van der Waals surface area contributed by atoms with Crippen LogP contribution >= 0.6 is 12.2 Å². The molecule has 0 aliphatic carbocycles. The summed E-state index contributed by atoms with van der Waals surface area (Å²) in [6.45, 7) is 4.33. The maximum atomic E-state index is 12.9. The number of nitrogens with zero attached hydrogens (tertiary/aromatic N) is 4. The largest absolute Gasteiger partial charge is 0.429 e. The zero-order valence-corrected chi connectivity index (χ0v) is 17.1. The van der Waals surface area contributed by atoms with Gasteiger partial charge in [0.25, 0.3) is 15.0 Å². The van der Waals surface area contributed by atoms with E-state index in [-0.39, 0.29) is 0 Å². The van der Waals surface area contributed by atoms with Crippen molar-refractivity contribution in [3.8, 4) is 0 Å². The van der Waals surface area contributed by atoms with Crippen molar-refractivity contribution in [1.82, 2.24) is 18.1 Å². The number of benzene rings is 1. The zero-order valence-electron chi connectivity index (χ0n) is 15.4. The predicted octanol–water partition coefficient (Wildman–Crippen LogP) is 2.66. The molecule has 9 heteroatoms. The molecule has 27 heavy (non-hydrogen) atoms. The molecule has 1 aromatic carbocycles. The Balaban J connectivity index is 1.41. The van der Waals surface area contributed by atoms with Crippen molar-refractivity contribution in [2.75, 3.05) is 39.3 Å². The van der Waals surface area contributed by atoms with Gasteiger partial charge in [0.2, 0.25) is 0 Å². The minimum atomic E-state index is -3.34. The molecule has 0 saturated carbocycles. The van der Waals surface area contributed by atoms with E-state index in [1.807, 2.05) is 28.8 Å². The minimum absolute atomic E-state index is 0.454. The molecule has 0 N–H and O–H groups in total. The van der Waals surface area contributed by atoms with Crippen LogP contribution in [0.25, 0.3) is 11.1 Å². The van der Waals surface area contributed by atoms with Gasteiger partial charge >= 0.3 is 0 Å². The summed E-state index contributed by atoms with van der Waals surface area (Å²) in [5, 5.41) is 0. The summed E-state index contributed by atoms with van der Waals surface area (Å²) < 4.78 is 36.8. The number of para-hydroxylation sites is 2. The first kappa shape index (κ1) is 19.1. The summed E-state index contributed by atoms with van der Waals surface area (Å²) in [4.78, 5) is 2.68. The average molecular weight is 411 g/mol. The van der Waals surface area contributed by atoms with E-state index in [9.17, 15) is 8.42 Å². The van der Waals surface area contributed by atoms with Gasteiger partial charge in [-0.1, -0.05) is 25.0 Å². The van der Waals surface area contributed by atoms with Crippen LogP contribution in [0.3, 0.4) is 0 Å². The van der Waals surface area contributed by atoms with E-state index in [4.69, 9.17) is 16.6 Å². The molecule has 2 aromatic rings. The first-order valence-electron chi connectivity index (χ1n) is 9.62. The number of oxazole rings is 1. The van der Waals surface area contributed by atoms with Crippen molar-refractivity contribution < 1.29 is 12.8 Å². The molecule has 2 aliphatic rings. The lowest BCUT2D eigenvalue weighted by molar-refractivity contribution is 0.147. The quantitative estimate of drug-likeness (QED) is 0.725. The highest BCUT2D eigenvalue weighted by Gasteiger charge is 2.32. The Labute approximate surface area is 165 Å². The molecule has 0 bridgehead atoms. The van der Waals surface area contributed by atoms with Crippen molar-refractivity contribution >= 4 is 33.5 Å². The number of hydrogen-bond acceptors (Lipinski definition) is 5. The second-order valence-electron chi connectivity index (χ2n) is 7.24. The Kier molecular flexibility index (Phi) is 5.65. The second-order valence-corrected chi connectivity index (χ2v) is 9.52. The second kappa shape index (κ2) is 8.00. The van der Waals surface area contributed by atoms with Crippen molar-refractivity contribution in [2.24, 2.45) is 0 Å². The van der Waals surface area contributed by atoms with Crippen molar-refractivity contribution in [3.63, 3.8) is 0 Å². The molecule has 0 spiro atoms. The van der Waals surface area contributed by atoms with Gasteiger partial charge < -0.3 is 4.42 Å². The highest BCUT2D eigenvalue weighted by molar-refractivity contribution is 7.86. The van der Waals surface area contributed by atoms with Crippen molar-refractivity contribution in [1.29, 1.82) is 0 Å². The van der Waals surface area contributed by atoms with Crippen LogP contribution in [0.4, 0.5) is 0 Å². The minimum Gasteiger partial charge on any atom is -0.429 e. The average Bonchev–Trinajstić information content (AvgIpc) is 2.85. The van der Waals surface area contributed by atoms with Gasteiger partial charge in [-0.2, -0.15) is 17.0 Å². The summed E-state index contributed by atoms with van der Waals surface area (Å²) in [6.07, 6.45) is 4.17. The van der Waals surface area contributed by atoms with Gasteiger partial charge in [0.15, 0.2) is 5.58 Å². The van der Waals surface area contributed by atoms with Gasteiger partial charge in [-0.25, -0.2) is 0 Å². The maximum Gasteiger partial charge on any atom is 0.282 e. The molecule has 2 saturated heterocycles. The Hall–Kier alpha value is -1.26. The Bertz CT molecular complexity index is 937. The monoisotopic (exact) mass is 410 g/mol. The topological polar surface area (TPSA) is 61.9 Å². The van der Waals surface area contributed by atoms with Gasteiger partial charge in [-0.3, -0.25) is 9.47 Å². The summed E-state index contributed by atoms with van der Waals surface area (Å²) >= 11 is 5.36. The third kappa shape index (κ3) is 3.97. The van der Waals surface area contributed by atoms with E-state index >= 15 is 0 Å². The van der Waals surface area contributed by atoms with Gasteiger partial charge in [0.1, 0.15) is 0 Å².